The molecule has 0 bridgehead atoms. The van der Waals surface area contributed by atoms with Crippen LogP contribution in [0.2, 0.25) is 0 Å². The molecule has 0 atom stereocenters. The first-order valence-electron chi connectivity index (χ1n) is 15.6. The molecule has 0 radical (unpaired) electrons. The van der Waals surface area contributed by atoms with Crippen molar-refractivity contribution in [3.05, 3.63) is 89.0 Å². The van der Waals surface area contributed by atoms with Crippen molar-refractivity contribution in [3.63, 3.8) is 0 Å². The number of benzene rings is 3. The Bertz CT molecular complexity index is 1860. The third kappa shape index (κ3) is 7.96. The number of aromatic nitrogens is 1. The lowest BCUT2D eigenvalue weighted by Crippen LogP contribution is -2.38. The van der Waals surface area contributed by atoms with E-state index in [2.05, 4.69) is 16.0 Å². The number of fused-ring (bicyclic) bond motifs is 1. The van der Waals surface area contributed by atoms with Crippen molar-refractivity contribution in [1.82, 2.24) is 14.8 Å². The Kier molecular flexibility index (Phi) is 10.9. The Labute approximate surface area is 288 Å². The van der Waals surface area contributed by atoms with Gasteiger partial charge < -0.3 is 24.1 Å². The molecule has 12 heteroatoms. The van der Waals surface area contributed by atoms with Gasteiger partial charge in [-0.3, -0.25) is 19.6 Å². The number of carbonyl (C=O) groups excluding carboxylic acids is 1. The van der Waals surface area contributed by atoms with Crippen molar-refractivity contribution in [2.45, 2.75) is 6.42 Å². The van der Waals surface area contributed by atoms with Crippen molar-refractivity contribution < 1.29 is 33.6 Å². The number of pyridine rings is 1. The molecule has 10 nitrogen and oxygen atoms in total. The number of morpholine rings is 1. The molecule has 0 aliphatic carbocycles. The Hall–Kier alpha value is -4.49. The summed E-state index contributed by atoms with van der Waals surface area (Å²) >= 11 is 6.87. The third-order valence-electron chi connectivity index (χ3n) is 8.06. The lowest BCUT2D eigenvalue weighted by atomic mass is 10.0. The van der Waals surface area contributed by atoms with Crippen LogP contribution in [0.4, 0.5) is 0 Å². The maximum Gasteiger partial charge on any atom is 0.335 e. The first kappa shape index (κ1) is 33.4. The van der Waals surface area contributed by atoms with Gasteiger partial charge in [0.25, 0.3) is 5.91 Å². The number of hydrogen-bond donors (Lipinski definition) is 1. The third-order valence-corrected chi connectivity index (χ3v) is 9.43. The smallest absolute Gasteiger partial charge is 0.335 e. The maximum atomic E-state index is 13.6. The SMILES string of the molecule is COc1cc(C(=O)O)ccc1OCCCN1C(=O)/C(=C/c2cc(-c3cnc4ccccc4c3)ccc2OCCN2CCOCC2)SC1=S. The summed E-state index contributed by atoms with van der Waals surface area (Å²) in [5, 5.41) is 10.3. The van der Waals surface area contributed by atoms with E-state index in [1.165, 1.54) is 31.0 Å². The van der Waals surface area contributed by atoms with Crippen LogP contribution in [0, 0.1) is 0 Å². The second-order valence-electron chi connectivity index (χ2n) is 11.2. The van der Waals surface area contributed by atoms with Gasteiger partial charge in [-0.1, -0.05) is 48.2 Å². The first-order valence-corrected chi connectivity index (χ1v) is 16.8. The van der Waals surface area contributed by atoms with Gasteiger partial charge in [-0.25, -0.2) is 4.79 Å². The summed E-state index contributed by atoms with van der Waals surface area (Å²) in [5.41, 5.74) is 3.73. The molecule has 248 valence electrons. The average molecular weight is 686 g/mol. The Morgan fingerprint density at radius 1 is 0.979 bits per heavy atom. The highest BCUT2D eigenvalue weighted by molar-refractivity contribution is 8.26. The molecular weight excluding hydrogens is 651 g/mol. The van der Waals surface area contributed by atoms with E-state index in [1.807, 2.05) is 54.7 Å². The lowest BCUT2D eigenvalue weighted by Gasteiger charge is -2.26. The predicted octanol–water partition coefficient (Wildman–Crippen LogP) is 5.99. The summed E-state index contributed by atoms with van der Waals surface area (Å²) in [6, 6.07) is 20.5. The van der Waals surface area contributed by atoms with Crippen LogP contribution >= 0.6 is 24.0 Å². The minimum atomic E-state index is -1.05. The van der Waals surface area contributed by atoms with E-state index in [4.69, 9.17) is 31.2 Å². The number of thioether (sulfide) groups is 1. The standard InChI is InChI=1S/C36H35N3O7S2/c1-43-32-21-26(35(41)42)8-10-31(32)45-15-4-11-39-34(40)33(48-36(39)47)22-27-19-24(28-20-25-5-2-3-6-29(25)37-23-28)7-9-30(27)46-18-14-38-12-16-44-17-13-38/h2-3,5-10,19-23H,4,11-18H2,1H3,(H,41,42)/b33-22-. The Morgan fingerprint density at radius 2 is 1.77 bits per heavy atom. The molecule has 1 amide bonds. The summed E-state index contributed by atoms with van der Waals surface area (Å²) in [6.07, 6.45) is 4.22. The van der Waals surface area contributed by atoms with Crippen LogP contribution in [0.5, 0.6) is 17.2 Å². The summed E-state index contributed by atoms with van der Waals surface area (Å²) in [6.45, 7) is 5.13. The van der Waals surface area contributed by atoms with E-state index < -0.39 is 5.97 Å². The molecule has 48 heavy (non-hydrogen) atoms. The van der Waals surface area contributed by atoms with Crippen molar-refractivity contribution in [2.24, 2.45) is 0 Å². The lowest BCUT2D eigenvalue weighted by molar-refractivity contribution is -0.122. The van der Waals surface area contributed by atoms with Gasteiger partial charge in [-0.2, -0.15) is 0 Å². The molecule has 6 rings (SSSR count). The summed E-state index contributed by atoms with van der Waals surface area (Å²) < 4.78 is 23.4. The van der Waals surface area contributed by atoms with Crippen LogP contribution in [0.15, 0.2) is 77.8 Å². The highest BCUT2D eigenvalue weighted by Crippen LogP contribution is 2.36. The highest BCUT2D eigenvalue weighted by Gasteiger charge is 2.32. The fourth-order valence-corrected chi connectivity index (χ4v) is 6.77. The van der Waals surface area contributed by atoms with Gasteiger partial charge in [0.2, 0.25) is 0 Å². The van der Waals surface area contributed by atoms with Crippen LogP contribution < -0.4 is 14.2 Å². The number of methoxy groups -OCH3 is 1. The average Bonchev–Trinajstić information content (AvgIpc) is 3.38. The van der Waals surface area contributed by atoms with Crippen LogP contribution in [-0.4, -0.2) is 95.8 Å². The van der Waals surface area contributed by atoms with Crippen molar-refractivity contribution in [3.8, 4) is 28.4 Å². The van der Waals surface area contributed by atoms with E-state index in [-0.39, 0.29) is 18.1 Å². The van der Waals surface area contributed by atoms with E-state index >= 15 is 0 Å². The number of amides is 1. The molecule has 2 aliphatic heterocycles. The van der Waals surface area contributed by atoms with Gasteiger partial charge in [0.05, 0.1) is 42.9 Å². The van der Waals surface area contributed by atoms with Crippen LogP contribution in [0.3, 0.4) is 0 Å². The monoisotopic (exact) mass is 685 g/mol. The number of rotatable bonds is 13. The van der Waals surface area contributed by atoms with Crippen molar-refractivity contribution in [2.75, 3.05) is 59.7 Å². The van der Waals surface area contributed by atoms with E-state index in [0.717, 1.165) is 60.4 Å². The second kappa shape index (κ2) is 15.6. The van der Waals surface area contributed by atoms with Gasteiger partial charge in [-0.15, -0.1) is 0 Å². The molecular formula is C36H35N3O7S2. The van der Waals surface area contributed by atoms with Crippen molar-refractivity contribution >= 4 is 57.2 Å². The molecule has 2 saturated heterocycles. The van der Waals surface area contributed by atoms with E-state index in [1.54, 1.807) is 11.0 Å². The number of carboxylic acid groups (broad SMARTS) is 1. The molecule has 0 saturated carbocycles. The number of carbonyl (C=O) groups is 2. The quantitative estimate of drug-likeness (QED) is 0.102. The van der Waals surface area contributed by atoms with Crippen LogP contribution in [0.1, 0.15) is 22.3 Å². The van der Waals surface area contributed by atoms with Crippen LogP contribution in [0.25, 0.3) is 28.1 Å². The predicted molar refractivity (Wildman–Crippen MR) is 190 cm³/mol. The molecule has 3 aromatic carbocycles. The topological polar surface area (TPSA) is 111 Å². The summed E-state index contributed by atoms with van der Waals surface area (Å²) in [4.78, 5) is 33.9. The molecule has 0 unspecified atom stereocenters. The molecule has 2 aliphatic rings. The zero-order valence-corrected chi connectivity index (χ0v) is 28.1. The van der Waals surface area contributed by atoms with E-state index in [9.17, 15) is 14.7 Å². The number of aromatic carboxylic acids is 1. The van der Waals surface area contributed by atoms with E-state index in [0.29, 0.717) is 46.0 Å². The number of carboxylic acids is 1. The Morgan fingerprint density at radius 3 is 2.58 bits per heavy atom. The highest BCUT2D eigenvalue weighted by atomic mass is 32.2. The molecule has 4 aromatic rings. The van der Waals surface area contributed by atoms with Gasteiger partial charge in [0, 0.05) is 48.9 Å². The molecule has 2 fully saturated rings. The maximum absolute atomic E-state index is 13.6. The second-order valence-corrected chi connectivity index (χ2v) is 12.9. The number of nitrogens with zero attached hydrogens (tertiary/aromatic N) is 3. The summed E-state index contributed by atoms with van der Waals surface area (Å²) in [5.74, 6) is 0.211. The van der Waals surface area contributed by atoms with Gasteiger partial charge in [-0.05, 0) is 60.5 Å². The van der Waals surface area contributed by atoms with Crippen molar-refractivity contribution in [1.29, 1.82) is 0 Å². The summed E-state index contributed by atoms with van der Waals surface area (Å²) in [7, 11) is 1.45. The number of para-hydroxylation sites is 1. The molecule has 3 heterocycles. The first-order chi connectivity index (χ1) is 23.4. The zero-order chi connectivity index (χ0) is 33.5. The normalized spacial score (nSPS) is 16.1. The molecule has 1 N–H and O–H groups in total. The van der Waals surface area contributed by atoms with Gasteiger partial charge in [0.1, 0.15) is 16.7 Å². The minimum Gasteiger partial charge on any atom is -0.493 e. The van der Waals surface area contributed by atoms with Crippen LogP contribution in [-0.2, 0) is 9.53 Å². The number of thiocarbonyl (C=S) groups is 1. The van der Waals surface area contributed by atoms with Gasteiger partial charge >= 0.3 is 5.97 Å². The fraction of sp³-hybridized carbons (Fsp3) is 0.278. The van der Waals surface area contributed by atoms with Gasteiger partial charge in [0.15, 0.2) is 11.5 Å². The molecule has 1 aromatic heterocycles. The molecule has 0 spiro atoms. The largest absolute Gasteiger partial charge is 0.493 e. The Balaban J connectivity index is 1.17. The number of ether oxygens (including phenoxy) is 4. The minimum absolute atomic E-state index is 0.105. The fourth-order valence-electron chi connectivity index (χ4n) is 5.47. The number of hydrogen-bond acceptors (Lipinski definition) is 10. The zero-order valence-electron chi connectivity index (χ0n) is 26.4.